The largest absolute Gasteiger partial charge is 0.396 e. The minimum atomic E-state index is -0.493. The van der Waals surface area contributed by atoms with Crippen LogP contribution < -0.4 is 0 Å². The monoisotopic (exact) mass is 138 g/mol. The molecule has 0 saturated heterocycles. The van der Waals surface area contributed by atoms with Crippen LogP contribution in [0.1, 0.15) is 6.42 Å². The second-order valence-electron chi connectivity index (χ2n) is 2.77. The molecule has 0 spiro atoms. The third-order valence-electron chi connectivity index (χ3n) is 2.11. The number of rotatable bonds is 1. The normalized spacial score (nSPS) is 40.6. The molecule has 2 radical (unpaired) electrons. The van der Waals surface area contributed by atoms with Gasteiger partial charge in [-0.05, 0) is 6.42 Å². The molecular formula is C7H11BO2. The summed E-state index contributed by atoms with van der Waals surface area (Å²) in [6.07, 6.45) is 0.0387. The van der Waals surface area contributed by atoms with Crippen molar-refractivity contribution in [3.63, 3.8) is 0 Å². The molecule has 1 aliphatic rings. The Labute approximate surface area is 62.0 Å². The Kier molecular flexibility index (Phi) is 2.16. The summed E-state index contributed by atoms with van der Waals surface area (Å²) in [6, 6.07) is 0. The Morgan fingerprint density at radius 2 is 2.30 bits per heavy atom. The first-order valence-electron chi connectivity index (χ1n) is 3.40. The van der Waals surface area contributed by atoms with E-state index in [0.29, 0.717) is 6.42 Å². The van der Waals surface area contributed by atoms with Gasteiger partial charge in [-0.25, -0.2) is 0 Å². The molecule has 0 amide bonds. The predicted octanol–water partition coefficient (Wildman–Crippen LogP) is -0.127. The van der Waals surface area contributed by atoms with Crippen molar-refractivity contribution in [2.75, 3.05) is 6.61 Å². The van der Waals surface area contributed by atoms with E-state index in [1.54, 1.807) is 0 Å². The number of hydrogen-bond acceptors (Lipinski definition) is 2. The molecule has 54 valence electrons. The zero-order valence-corrected chi connectivity index (χ0v) is 5.83. The predicted molar refractivity (Wildman–Crippen MR) is 39.8 cm³/mol. The van der Waals surface area contributed by atoms with Crippen LogP contribution in [0.5, 0.6) is 0 Å². The first-order chi connectivity index (χ1) is 4.66. The van der Waals surface area contributed by atoms with Crippen molar-refractivity contribution in [1.82, 2.24) is 0 Å². The van der Waals surface area contributed by atoms with Gasteiger partial charge in [0.15, 0.2) is 0 Å². The maximum Gasteiger partial charge on any atom is 0.0760 e. The fourth-order valence-electron chi connectivity index (χ4n) is 1.34. The van der Waals surface area contributed by atoms with E-state index in [-0.39, 0.29) is 18.3 Å². The van der Waals surface area contributed by atoms with Crippen LogP contribution in [0.15, 0.2) is 12.2 Å². The smallest absolute Gasteiger partial charge is 0.0760 e. The molecule has 0 bridgehead atoms. The molecule has 0 aliphatic heterocycles. The van der Waals surface area contributed by atoms with Gasteiger partial charge in [0.25, 0.3) is 0 Å². The molecule has 0 heterocycles. The van der Waals surface area contributed by atoms with E-state index in [0.717, 1.165) is 5.57 Å². The van der Waals surface area contributed by atoms with E-state index in [9.17, 15) is 5.11 Å². The molecule has 0 aromatic rings. The van der Waals surface area contributed by atoms with E-state index in [1.807, 2.05) is 0 Å². The van der Waals surface area contributed by atoms with Crippen LogP contribution in [0.4, 0.5) is 0 Å². The summed E-state index contributed by atoms with van der Waals surface area (Å²) in [6.45, 7) is 3.64. The number of aliphatic hydroxyl groups excluding tert-OH is 2. The molecule has 0 aromatic heterocycles. The lowest BCUT2D eigenvalue weighted by atomic mass is 9.82. The molecule has 0 aromatic carbocycles. The Morgan fingerprint density at radius 1 is 1.70 bits per heavy atom. The van der Waals surface area contributed by atoms with Crippen molar-refractivity contribution >= 4 is 7.85 Å². The quantitative estimate of drug-likeness (QED) is 0.391. The average molecular weight is 138 g/mol. The molecule has 1 fully saturated rings. The zero-order valence-electron chi connectivity index (χ0n) is 5.83. The lowest BCUT2D eigenvalue weighted by Crippen LogP contribution is -2.17. The minimum absolute atomic E-state index is 0.0479. The lowest BCUT2D eigenvalue weighted by molar-refractivity contribution is 0.103. The van der Waals surface area contributed by atoms with E-state index in [1.165, 1.54) is 0 Å². The summed E-state index contributed by atoms with van der Waals surface area (Å²) in [7, 11) is 5.56. The average Bonchev–Trinajstić information content (AvgIpc) is 2.09. The SMILES string of the molecule is [B][C@H]1C[C@H](O)[C@@H](CO)C1=C. The summed E-state index contributed by atoms with van der Waals surface area (Å²) in [5, 5.41) is 18.0. The standard InChI is InChI=1S/C7H11BO2/c1-4-5(3-9)7(10)2-6(4)8/h5-7,9-10H,1-3H2/t5-,6-,7-/m0/s1. The van der Waals surface area contributed by atoms with Crippen LogP contribution in [0.25, 0.3) is 0 Å². The number of hydrogen-bond donors (Lipinski definition) is 2. The van der Waals surface area contributed by atoms with E-state index >= 15 is 0 Å². The van der Waals surface area contributed by atoms with Crippen molar-refractivity contribution in [3.05, 3.63) is 12.2 Å². The van der Waals surface area contributed by atoms with Crippen LogP contribution in [-0.4, -0.2) is 30.8 Å². The molecule has 2 N–H and O–H groups in total. The maximum atomic E-state index is 9.23. The summed E-state index contributed by atoms with van der Waals surface area (Å²) in [4.78, 5) is 0. The van der Waals surface area contributed by atoms with Crippen molar-refractivity contribution in [3.8, 4) is 0 Å². The van der Waals surface area contributed by atoms with Gasteiger partial charge in [-0.1, -0.05) is 18.0 Å². The van der Waals surface area contributed by atoms with Crippen LogP contribution in [-0.2, 0) is 0 Å². The third kappa shape index (κ3) is 1.11. The molecule has 3 atom stereocenters. The third-order valence-corrected chi connectivity index (χ3v) is 2.11. The molecule has 1 aliphatic carbocycles. The van der Waals surface area contributed by atoms with Crippen LogP contribution in [0, 0.1) is 5.92 Å². The molecule has 10 heavy (non-hydrogen) atoms. The van der Waals surface area contributed by atoms with Gasteiger partial charge in [0.1, 0.15) is 0 Å². The van der Waals surface area contributed by atoms with Gasteiger partial charge in [0, 0.05) is 5.92 Å². The van der Waals surface area contributed by atoms with Gasteiger partial charge in [0.05, 0.1) is 20.6 Å². The highest BCUT2D eigenvalue weighted by Crippen LogP contribution is 2.37. The summed E-state index contributed by atoms with van der Waals surface area (Å²) < 4.78 is 0. The molecule has 2 nitrogen and oxygen atoms in total. The van der Waals surface area contributed by atoms with Crippen LogP contribution in [0.3, 0.4) is 0 Å². The summed E-state index contributed by atoms with van der Waals surface area (Å²) in [5.74, 6) is -0.331. The fourth-order valence-corrected chi connectivity index (χ4v) is 1.34. The second-order valence-corrected chi connectivity index (χ2v) is 2.77. The summed E-state index contributed by atoms with van der Waals surface area (Å²) >= 11 is 0. The van der Waals surface area contributed by atoms with Gasteiger partial charge in [-0.2, -0.15) is 0 Å². The zero-order chi connectivity index (χ0) is 7.72. The Morgan fingerprint density at radius 3 is 2.50 bits per heavy atom. The van der Waals surface area contributed by atoms with Gasteiger partial charge in [-0.3, -0.25) is 0 Å². The van der Waals surface area contributed by atoms with Crippen LogP contribution in [0.2, 0.25) is 5.82 Å². The first-order valence-corrected chi connectivity index (χ1v) is 3.40. The van der Waals surface area contributed by atoms with Gasteiger partial charge in [-0.15, -0.1) is 0 Å². The van der Waals surface area contributed by atoms with E-state index in [4.69, 9.17) is 13.0 Å². The van der Waals surface area contributed by atoms with Gasteiger partial charge in [0.2, 0.25) is 0 Å². The van der Waals surface area contributed by atoms with Gasteiger partial charge >= 0.3 is 0 Å². The van der Waals surface area contributed by atoms with Crippen molar-refractivity contribution < 1.29 is 10.2 Å². The second kappa shape index (κ2) is 2.76. The fraction of sp³-hybridized carbons (Fsp3) is 0.714. The Bertz CT molecular complexity index is 147. The topological polar surface area (TPSA) is 40.5 Å². The Hall–Kier alpha value is -0.275. The van der Waals surface area contributed by atoms with Crippen molar-refractivity contribution in [2.45, 2.75) is 18.3 Å². The Balaban J connectivity index is 2.64. The highest BCUT2D eigenvalue weighted by atomic mass is 16.3. The highest BCUT2D eigenvalue weighted by Gasteiger charge is 2.32. The van der Waals surface area contributed by atoms with Gasteiger partial charge < -0.3 is 10.2 Å². The summed E-state index contributed by atoms with van der Waals surface area (Å²) in [5.41, 5.74) is 0.773. The van der Waals surface area contributed by atoms with Crippen LogP contribution >= 0.6 is 0 Å². The highest BCUT2D eigenvalue weighted by molar-refractivity contribution is 6.14. The molecule has 1 rings (SSSR count). The lowest BCUT2D eigenvalue weighted by Gasteiger charge is -2.11. The molecule has 1 saturated carbocycles. The van der Waals surface area contributed by atoms with Crippen molar-refractivity contribution in [1.29, 1.82) is 0 Å². The van der Waals surface area contributed by atoms with E-state index < -0.39 is 6.10 Å². The number of aliphatic hydroxyl groups is 2. The first kappa shape index (κ1) is 7.83. The van der Waals surface area contributed by atoms with E-state index in [2.05, 4.69) is 6.58 Å². The molecular weight excluding hydrogens is 127 g/mol. The molecule has 0 unspecified atom stereocenters. The minimum Gasteiger partial charge on any atom is -0.396 e. The van der Waals surface area contributed by atoms with Crippen molar-refractivity contribution in [2.24, 2.45) is 5.92 Å². The molecule has 3 heteroatoms. The maximum absolute atomic E-state index is 9.23.